The number of hydrogen-bond donors (Lipinski definition) is 1. The second-order valence-corrected chi connectivity index (χ2v) is 5.70. The van der Waals surface area contributed by atoms with E-state index in [1.165, 1.54) is 30.0 Å². The number of aryl methyl sites for hydroxylation is 1. The van der Waals surface area contributed by atoms with E-state index in [-0.39, 0.29) is 0 Å². The van der Waals surface area contributed by atoms with Gasteiger partial charge in [-0.15, -0.1) is 11.3 Å². The van der Waals surface area contributed by atoms with Crippen LogP contribution in [0.1, 0.15) is 36.9 Å². The Hall–Kier alpha value is -0.410. The van der Waals surface area contributed by atoms with E-state index in [0.29, 0.717) is 6.04 Å². The van der Waals surface area contributed by atoms with E-state index in [0.717, 1.165) is 18.9 Å². The second kappa shape index (κ2) is 5.08. The van der Waals surface area contributed by atoms with Crippen molar-refractivity contribution in [1.82, 2.24) is 10.3 Å². The summed E-state index contributed by atoms with van der Waals surface area (Å²) in [4.78, 5) is 4.46. The number of aromatic nitrogens is 1. The monoisotopic (exact) mass is 224 g/mol. The fourth-order valence-electron chi connectivity index (χ4n) is 1.91. The second-order valence-electron chi connectivity index (χ2n) is 4.64. The Balaban J connectivity index is 1.61. The van der Waals surface area contributed by atoms with Gasteiger partial charge in [-0.25, -0.2) is 4.98 Å². The summed E-state index contributed by atoms with van der Waals surface area (Å²) >= 11 is 1.74. The van der Waals surface area contributed by atoms with Gasteiger partial charge in [-0.1, -0.05) is 12.8 Å². The molecule has 1 aliphatic rings. The molecule has 1 heterocycles. The minimum Gasteiger partial charge on any atom is -0.314 e. The highest BCUT2D eigenvalue weighted by atomic mass is 32.1. The van der Waals surface area contributed by atoms with Crippen LogP contribution in [0.2, 0.25) is 0 Å². The van der Waals surface area contributed by atoms with Crippen LogP contribution >= 0.6 is 11.3 Å². The van der Waals surface area contributed by atoms with Gasteiger partial charge in [0.1, 0.15) is 0 Å². The first-order valence-electron chi connectivity index (χ1n) is 5.88. The molecule has 0 spiro atoms. The van der Waals surface area contributed by atoms with Gasteiger partial charge in [0.2, 0.25) is 0 Å². The summed E-state index contributed by atoms with van der Waals surface area (Å²) in [6, 6.07) is 0.678. The van der Waals surface area contributed by atoms with E-state index < -0.39 is 0 Å². The molecule has 3 heteroatoms. The Labute approximate surface area is 96.1 Å². The molecule has 1 atom stereocenters. The highest BCUT2D eigenvalue weighted by Gasteiger charge is 2.23. The van der Waals surface area contributed by atoms with E-state index in [2.05, 4.69) is 29.5 Å². The molecule has 1 saturated carbocycles. The first-order valence-corrected chi connectivity index (χ1v) is 6.76. The number of thiazole rings is 1. The lowest BCUT2D eigenvalue weighted by molar-refractivity contribution is 0.490. The van der Waals surface area contributed by atoms with Gasteiger partial charge in [0.05, 0.1) is 10.7 Å². The predicted octanol–water partition coefficient (Wildman–Crippen LogP) is 2.77. The van der Waals surface area contributed by atoms with E-state index in [4.69, 9.17) is 0 Å². The Morgan fingerprint density at radius 1 is 1.60 bits per heavy atom. The van der Waals surface area contributed by atoms with Crippen LogP contribution in [0.25, 0.3) is 0 Å². The quantitative estimate of drug-likeness (QED) is 0.803. The number of nitrogens with one attached hydrogen (secondary N) is 1. The molecule has 1 unspecified atom stereocenters. The van der Waals surface area contributed by atoms with Crippen LogP contribution in [0.15, 0.2) is 5.38 Å². The standard InChI is InChI=1S/C12H20N2S/c1-9(7-11-3-4-11)13-6-5-12-8-15-10(2)14-12/h8-9,11,13H,3-7H2,1-2H3. The molecule has 15 heavy (non-hydrogen) atoms. The number of rotatable bonds is 6. The summed E-state index contributed by atoms with van der Waals surface area (Å²) in [7, 11) is 0. The van der Waals surface area contributed by atoms with E-state index in [9.17, 15) is 0 Å². The van der Waals surface area contributed by atoms with Crippen molar-refractivity contribution in [2.45, 2.75) is 45.6 Å². The van der Waals surface area contributed by atoms with Gasteiger partial charge in [-0.05, 0) is 26.2 Å². The lowest BCUT2D eigenvalue weighted by atomic mass is 10.1. The van der Waals surface area contributed by atoms with Gasteiger partial charge >= 0.3 is 0 Å². The maximum atomic E-state index is 4.46. The van der Waals surface area contributed by atoms with Crippen molar-refractivity contribution in [1.29, 1.82) is 0 Å². The zero-order valence-corrected chi connectivity index (χ0v) is 10.4. The third-order valence-electron chi connectivity index (χ3n) is 2.92. The minimum atomic E-state index is 0.678. The number of hydrogen-bond acceptors (Lipinski definition) is 3. The van der Waals surface area contributed by atoms with Crippen molar-refractivity contribution in [3.63, 3.8) is 0 Å². The van der Waals surface area contributed by atoms with Crippen molar-refractivity contribution in [2.24, 2.45) is 5.92 Å². The average molecular weight is 224 g/mol. The van der Waals surface area contributed by atoms with Crippen LogP contribution in [0.4, 0.5) is 0 Å². The van der Waals surface area contributed by atoms with Crippen molar-refractivity contribution >= 4 is 11.3 Å². The molecule has 1 aromatic heterocycles. The maximum absolute atomic E-state index is 4.46. The Morgan fingerprint density at radius 3 is 3.00 bits per heavy atom. The largest absolute Gasteiger partial charge is 0.314 e. The predicted molar refractivity (Wildman–Crippen MR) is 65.4 cm³/mol. The molecule has 0 aromatic carbocycles. The van der Waals surface area contributed by atoms with Crippen molar-refractivity contribution in [3.05, 3.63) is 16.1 Å². The molecule has 0 bridgehead atoms. The van der Waals surface area contributed by atoms with Gasteiger partial charge in [0.15, 0.2) is 0 Å². The lowest BCUT2D eigenvalue weighted by Gasteiger charge is -2.12. The highest BCUT2D eigenvalue weighted by Crippen LogP contribution is 2.33. The van der Waals surface area contributed by atoms with Crippen LogP contribution < -0.4 is 5.32 Å². The van der Waals surface area contributed by atoms with Crippen molar-refractivity contribution in [2.75, 3.05) is 6.54 Å². The SMILES string of the molecule is Cc1nc(CCNC(C)CC2CC2)cs1. The van der Waals surface area contributed by atoms with Gasteiger partial charge in [0.25, 0.3) is 0 Å². The van der Waals surface area contributed by atoms with Gasteiger partial charge in [-0.2, -0.15) is 0 Å². The molecule has 1 fully saturated rings. The molecule has 0 radical (unpaired) electrons. The molecule has 0 aliphatic heterocycles. The third kappa shape index (κ3) is 3.92. The molecule has 2 nitrogen and oxygen atoms in total. The number of nitrogens with zero attached hydrogens (tertiary/aromatic N) is 1. The Kier molecular flexibility index (Phi) is 3.76. The topological polar surface area (TPSA) is 24.9 Å². The van der Waals surface area contributed by atoms with Crippen LogP contribution in [-0.2, 0) is 6.42 Å². The smallest absolute Gasteiger partial charge is 0.0897 e. The molecule has 2 rings (SSSR count). The average Bonchev–Trinajstić information content (AvgIpc) is 2.89. The molecular formula is C12H20N2S. The van der Waals surface area contributed by atoms with E-state index in [1.807, 2.05) is 0 Å². The van der Waals surface area contributed by atoms with Crippen LogP contribution in [0, 0.1) is 12.8 Å². The van der Waals surface area contributed by atoms with Gasteiger partial charge < -0.3 is 5.32 Å². The van der Waals surface area contributed by atoms with Crippen LogP contribution in [0.3, 0.4) is 0 Å². The molecule has 1 aliphatic carbocycles. The minimum absolute atomic E-state index is 0.678. The highest BCUT2D eigenvalue weighted by molar-refractivity contribution is 7.09. The first kappa shape index (κ1) is 11.1. The summed E-state index contributed by atoms with van der Waals surface area (Å²) in [5.41, 5.74) is 1.24. The summed E-state index contributed by atoms with van der Waals surface area (Å²) in [5.74, 6) is 1.02. The zero-order chi connectivity index (χ0) is 10.7. The van der Waals surface area contributed by atoms with Gasteiger partial charge in [0, 0.05) is 24.4 Å². The van der Waals surface area contributed by atoms with Crippen LogP contribution in [-0.4, -0.2) is 17.6 Å². The summed E-state index contributed by atoms with van der Waals surface area (Å²) in [6.07, 6.45) is 5.34. The molecule has 0 amide bonds. The summed E-state index contributed by atoms with van der Waals surface area (Å²) in [6.45, 7) is 5.43. The Morgan fingerprint density at radius 2 is 2.40 bits per heavy atom. The summed E-state index contributed by atoms with van der Waals surface area (Å²) < 4.78 is 0. The first-order chi connectivity index (χ1) is 7.24. The Bertz CT molecular complexity index is 304. The molecule has 84 valence electrons. The maximum Gasteiger partial charge on any atom is 0.0897 e. The van der Waals surface area contributed by atoms with E-state index in [1.54, 1.807) is 11.3 Å². The normalized spacial score (nSPS) is 18.0. The van der Waals surface area contributed by atoms with Crippen molar-refractivity contribution in [3.8, 4) is 0 Å². The fraction of sp³-hybridized carbons (Fsp3) is 0.750. The third-order valence-corrected chi connectivity index (χ3v) is 3.75. The van der Waals surface area contributed by atoms with E-state index >= 15 is 0 Å². The summed E-state index contributed by atoms with van der Waals surface area (Å²) in [5, 5.41) is 6.92. The van der Waals surface area contributed by atoms with Crippen molar-refractivity contribution < 1.29 is 0 Å². The molecular weight excluding hydrogens is 204 g/mol. The van der Waals surface area contributed by atoms with Gasteiger partial charge in [-0.3, -0.25) is 0 Å². The molecule has 1 N–H and O–H groups in total. The molecule has 0 saturated heterocycles. The fourth-order valence-corrected chi connectivity index (χ4v) is 2.55. The zero-order valence-electron chi connectivity index (χ0n) is 9.62. The lowest BCUT2D eigenvalue weighted by Crippen LogP contribution is -2.28. The molecule has 1 aromatic rings. The van der Waals surface area contributed by atoms with Crippen LogP contribution in [0.5, 0.6) is 0 Å².